The number of amides is 1. The molecule has 0 saturated carbocycles. The topological polar surface area (TPSA) is 247 Å². The molecule has 2 fully saturated rings. The van der Waals surface area contributed by atoms with Gasteiger partial charge >= 0.3 is 13.8 Å². The number of hydrogen-bond donors (Lipinski definition) is 6. The summed E-state index contributed by atoms with van der Waals surface area (Å²) in [5, 5.41) is 35.9. The number of aliphatic hydroxyl groups excluding tert-OH is 2. The van der Waals surface area contributed by atoms with Crippen LogP contribution in [0.25, 0.3) is 0 Å². The number of carbonyl (C=O) groups is 2. The molecule has 2 rings (SSSR count). The number of unbranched alkanes of at least 4 members (excludes halogenated alkanes) is 35. The van der Waals surface area contributed by atoms with Crippen molar-refractivity contribution in [3.8, 4) is 0 Å². The zero-order valence-electron chi connectivity index (χ0n) is 56.2. The van der Waals surface area contributed by atoms with Gasteiger partial charge in [-0.3, -0.25) is 9.32 Å². The lowest BCUT2D eigenvalue weighted by molar-refractivity contribution is -0.330. The number of phosphoric ester groups is 1. The van der Waals surface area contributed by atoms with Gasteiger partial charge in [0.05, 0.1) is 19.3 Å². The van der Waals surface area contributed by atoms with Crippen LogP contribution in [0.4, 0.5) is 0 Å². The smallest absolute Gasteiger partial charge is 0.470 e. The third-order valence-electron chi connectivity index (χ3n) is 17.3. The van der Waals surface area contributed by atoms with Crippen LogP contribution in [0.3, 0.4) is 0 Å². The molecule has 88 heavy (non-hydrogen) atoms. The lowest BCUT2D eigenvalue weighted by Gasteiger charge is -2.47. The maximum Gasteiger partial charge on any atom is 0.470 e. The van der Waals surface area contributed by atoms with E-state index in [1.165, 1.54) is 116 Å². The van der Waals surface area contributed by atoms with Crippen molar-refractivity contribution in [3.63, 3.8) is 0 Å². The van der Waals surface area contributed by atoms with E-state index in [0.717, 1.165) is 141 Å². The molecule has 0 spiro atoms. The van der Waals surface area contributed by atoms with Gasteiger partial charge in [0.2, 0.25) is 5.91 Å². The molecule has 6 N–H and O–H groups in total. The third kappa shape index (κ3) is 41.2. The normalized spacial score (nSPS) is 22.9. The number of rotatable bonds is 62. The fraction of sp³-hybridized carbons (Fsp3) is 0.942. The van der Waals surface area contributed by atoms with Crippen LogP contribution in [-0.4, -0.2) is 151 Å². The highest BCUT2D eigenvalue weighted by Crippen LogP contribution is 2.42. The maximum atomic E-state index is 14.1. The molecule has 19 heteroatoms. The van der Waals surface area contributed by atoms with Crippen LogP contribution in [0.5, 0.6) is 0 Å². The summed E-state index contributed by atoms with van der Waals surface area (Å²) in [6, 6.07) is -1.25. The van der Waals surface area contributed by atoms with Gasteiger partial charge in [-0.15, -0.1) is 0 Å². The molecule has 2 aliphatic heterocycles. The summed E-state index contributed by atoms with van der Waals surface area (Å²) in [6.07, 6.45) is 39.1. The molecule has 0 aromatic heterocycles. The SMILES string of the molecule is CCCCCC/C=C/CCCCCCCCCC(=O)N[C@H]1[C@H](OC[C@H]2O[C@H](OCC(=O)O)[C@H](OCCCCCCCCCCCCCC)[C@@H](OCCCCCCCCCCCC)[C@@H]2O)O[C@H](CO)[C@@H](OP(=O)(O)O)[C@@H]1OCCC(CCCCCCC)OC. The Morgan fingerprint density at radius 1 is 0.500 bits per heavy atom. The van der Waals surface area contributed by atoms with Gasteiger partial charge in [-0.1, -0.05) is 252 Å². The monoisotopic (exact) mass is 1280 g/mol. The van der Waals surface area contributed by atoms with E-state index in [9.17, 15) is 39.3 Å². The first-order valence-electron chi connectivity index (χ1n) is 35.9. The van der Waals surface area contributed by atoms with Gasteiger partial charge in [-0.05, 0) is 57.8 Å². The summed E-state index contributed by atoms with van der Waals surface area (Å²) in [7, 11) is -3.61. The van der Waals surface area contributed by atoms with Crippen molar-refractivity contribution in [2.24, 2.45) is 0 Å². The van der Waals surface area contributed by atoms with E-state index < -0.39 is 95.0 Å². The van der Waals surface area contributed by atoms with Gasteiger partial charge in [0.15, 0.2) is 12.6 Å². The van der Waals surface area contributed by atoms with E-state index in [1.54, 1.807) is 7.11 Å². The molecule has 520 valence electrons. The molecule has 0 bridgehead atoms. The standard InChI is InChI=1S/C69H132NO17P/c1-6-10-14-18-21-24-27-29-30-31-32-34-37-41-45-49-60(72)70-62-65(82-53-50-57(79-5)48-44-40-17-13-9-4)64(87-88(76,77)78)58(54-71)85-68(62)83-55-59-63(75)66(80-51-46-42-38-35-26-23-20-16-12-8-3)67(69(86-59)84-56-61(73)74)81-52-47-43-39-36-33-28-25-22-19-15-11-7-2/h24,27,57-59,62-69,71,75H,6-23,25-26,28-56H2,1-5H3,(H,70,72)(H,73,74)(H2,76,77,78)/b27-24+/t57?,58-,59-,62-,63-,64-,65-,66+,67-,68-,69+/m1/s1. The van der Waals surface area contributed by atoms with Gasteiger partial charge in [-0.25, -0.2) is 9.36 Å². The quantitative estimate of drug-likeness (QED) is 0.0188. The minimum Gasteiger partial charge on any atom is -0.480 e. The number of ether oxygens (including phenoxy) is 8. The number of aliphatic carboxylic acids is 1. The van der Waals surface area contributed by atoms with Gasteiger partial charge in [0.1, 0.15) is 55.4 Å². The average Bonchev–Trinajstić information content (AvgIpc) is 0.965. The average molecular weight is 1280 g/mol. The van der Waals surface area contributed by atoms with Crippen LogP contribution in [0.15, 0.2) is 12.2 Å². The second-order valence-electron chi connectivity index (χ2n) is 25.2. The van der Waals surface area contributed by atoms with Gasteiger partial charge in [0, 0.05) is 33.4 Å². The zero-order chi connectivity index (χ0) is 64.1. The number of carbonyl (C=O) groups excluding carboxylic acids is 1. The first-order chi connectivity index (χ1) is 42.8. The lowest BCUT2D eigenvalue weighted by atomic mass is 9.95. The molecule has 2 saturated heterocycles. The summed E-state index contributed by atoms with van der Waals surface area (Å²) >= 11 is 0. The van der Waals surface area contributed by atoms with Crippen molar-refractivity contribution in [1.82, 2.24) is 5.32 Å². The van der Waals surface area contributed by atoms with Crippen molar-refractivity contribution in [2.45, 2.75) is 371 Å². The van der Waals surface area contributed by atoms with Gasteiger partial charge in [0.25, 0.3) is 0 Å². The number of carboxylic acid groups (broad SMARTS) is 1. The van der Waals surface area contributed by atoms with Crippen molar-refractivity contribution in [3.05, 3.63) is 12.2 Å². The van der Waals surface area contributed by atoms with E-state index in [-0.39, 0.29) is 25.0 Å². The molecule has 18 nitrogen and oxygen atoms in total. The van der Waals surface area contributed by atoms with E-state index >= 15 is 0 Å². The molecule has 0 aromatic rings. The largest absolute Gasteiger partial charge is 0.480 e. The van der Waals surface area contributed by atoms with Crippen LogP contribution < -0.4 is 5.32 Å². The summed E-state index contributed by atoms with van der Waals surface area (Å²) in [5.41, 5.74) is 0. The predicted molar refractivity (Wildman–Crippen MR) is 349 cm³/mol. The Kier molecular flexibility index (Phi) is 52.3. The fourth-order valence-electron chi connectivity index (χ4n) is 12.0. The number of carboxylic acids is 1. The van der Waals surface area contributed by atoms with Crippen LogP contribution in [-0.2, 0) is 56.6 Å². The number of phosphoric acid groups is 1. The Hall–Kier alpha value is -1.61. The Morgan fingerprint density at radius 2 is 0.932 bits per heavy atom. The molecule has 1 unspecified atom stereocenters. The van der Waals surface area contributed by atoms with Crippen molar-refractivity contribution < 1.29 is 81.7 Å². The maximum absolute atomic E-state index is 14.1. The zero-order valence-corrected chi connectivity index (χ0v) is 57.1. The molecular formula is C69H132NO17P. The fourth-order valence-corrected chi connectivity index (χ4v) is 12.6. The summed E-state index contributed by atoms with van der Waals surface area (Å²) in [5.74, 6) is -1.60. The highest BCUT2D eigenvalue weighted by atomic mass is 31.2. The number of hydrogen-bond acceptors (Lipinski definition) is 14. The van der Waals surface area contributed by atoms with E-state index in [4.69, 9.17) is 42.4 Å². The molecule has 0 aliphatic carbocycles. The summed E-state index contributed by atoms with van der Waals surface area (Å²) in [6.45, 7) is 7.62. The number of methoxy groups -OCH3 is 1. The number of nitrogens with one attached hydrogen (secondary N) is 1. The number of aliphatic hydroxyl groups is 2. The van der Waals surface area contributed by atoms with Crippen LogP contribution in [0.1, 0.15) is 304 Å². The highest BCUT2D eigenvalue weighted by Gasteiger charge is 2.52. The van der Waals surface area contributed by atoms with E-state index in [2.05, 4.69) is 45.2 Å². The van der Waals surface area contributed by atoms with Crippen molar-refractivity contribution in [1.29, 1.82) is 0 Å². The van der Waals surface area contributed by atoms with Crippen LogP contribution in [0, 0.1) is 0 Å². The molecule has 2 aliphatic rings. The molecule has 2 heterocycles. The molecule has 0 radical (unpaired) electrons. The molecule has 0 aromatic carbocycles. The number of allylic oxidation sites excluding steroid dienone is 2. The Balaban J connectivity index is 2.35. The van der Waals surface area contributed by atoms with Crippen LogP contribution >= 0.6 is 7.82 Å². The Morgan fingerprint density at radius 3 is 1.41 bits per heavy atom. The van der Waals surface area contributed by atoms with Gasteiger partial charge in [-0.2, -0.15) is 0 Å². The predicted octanol–water partition coefficient (Wildman–Crippen LogP) is 15.5. The van der Waals surface area contributed by atoms with Crippen molar-refractivity contribution >= 4 is 19.7 Å². The van der Waals surface area contributed by atoms with E-state index in [1.807, 2.05) is 0 Å². The summed E-state index contributed by atoms with van der Waals surface area (Å²) in [4.78, 5) is 46.6. The molecule has 11 atom stereocenters. The highest BCUT2D eigenvalue weighted by molar-refractivity contribution is 7.46. The summed E-state index contributed by atoms with van der Waals surface area (Å²) < 4.78 is 68.5. The van der Waals surface area contributed by atoms with E-state index in [0.29, 0.717) is 26.1 Å². The second kappa shape index (κ2) is 55.8. The minimum absolute atomic E-state index is 0.0392. The first kappa shape index (κ1) is 82.5. The van der Waals surface area contributed by atoms with Gasteiger partial charge < -0.3 is 68.3 Å². The molecule has 1 amide bonds. The molecular weight excluding hydrogens is 1150 g/mol. The second-order valence-corrected chi connectivity index (χ2v) is 26.4. The Labute approximate surface area is 534 Å². The van der Waals surface area contributed by atoms with Crippen molar-refractivity contribution in [2.75, 3.05) is 46.8 Å². The lowest BCUT2D eigenvalue weighted by Crippen LogP contribution is -2.67. The van der Waals surface area contributed by atoms with Crippen LogP contribution in [0.2, 0.25) is 0 Å². The first-order valence-corrected chi connectivity index (χ1v) is 37.5. The Bertz CT molecular complexity index is 1690. The minimum atomic E-state index is -5.24. The third-order valence-corrected chi connectivity index (χ3v) is 17.8.